The molecule has 1 aromatic heterocycles. The highest BCUT2D eigenvalue weighted by atomic mass is 32.2. The second-order valence-corrected chi connectivity index (χ2v) is 6.44. The molecule has 0 atom stereocenters. The van der Waals surface area contributed by atoms with Crippen molar-refractivity contribution in [2.45, 2.75) is 31.2 Å². The molecule has 0 aliphatic rings. The normalized spacial score (nSPS) is 11.3. The van der Waals surface area contributed by atoms with Gasteiger partial charge in [0.25, 0.3) is 10.0 Å². The molecule has 0 fully saturated rings. The molecule has 1 aromatic carbocycles. The van der Waals surface area contributed by atoms with Crippen LogP contribution in [0.25, 0.3) is 0 Å². The molecule has 0 saturated carbocycles. The minimum Gasteiger partial charge on any atom is -0.326 e. The van der Waals surface area contributed by atoms with Crippen molar-refractivity contribution >= 4 is 15.8 Å². The van der Waals surface area contributed by atoms with E-state index in [2.05, 4.69) is 16.6 Å². The Balaban J connectivity index is 2.16. The number of anilines is 1. The lowest BCUT2D eigenvalue weighted by Crippen LogP contribution is -2.14. The number of rotatable bonds is 6. The molecule has 0 aliphatic carbocycles. The topological polar surface area (TPSA) is 85.1 Å². The number of hydrogen-bond donors (Lipinski definition) is 2. The first-order valence-corrected chi connectivity index (χ1v) is 8.30. The molecular formula is C15H19N3O2S. The molecule has 21 heavy (non-hydrogen) atoms. The molecule has 2 aromatic rings. The van der Waals surface area contributed by atoms with Gasteiger partial charge in [0.05, 0.1) is 4.90 Å². The van der Waals surface area contributed by atoms with Gasteiger partial charge in [-0.1, -0.05) is 31.5 Å². The summed E-state index contributed by atoms with van der Waals surface area (Å²) >= 11 is 0. The molecule has 5 nitrogen and oxygen atoms in total. The predicted molar refractivity (Wildman–Crippen MR) is 83.4 cm³/mol. The largest absolute Gasteiger partial charge is 0.326 e. The summed E-state index contributed by atoms with van der Waals surface area (Å²) in [5.41, 5.74) is 7.45. The quantitative estimate of drug-likeness (QED) is 0.857. The monoisotopic (exact) mass is 305 g/mol. The van der Waals surface area contributed by atoms with Crippen LogP contribution < -0.4 is 10.5 Å². The molecule has 0 unspecified atom stereocenters. The standard InChI is InChI=1S/C15H19N3O2S/c1-2-3-12-4-7-14(8-5-12)21(19,20)18-15-9-6-13(10-16)11-17-15/h4-9,11H,2-3,10,16H2,1H3,(H,17,18). The zero-order valence-electron chi connectivity index (χ0n) is 11.9. The van der Waals surface area contributed by atoms with Crippen molar-refractivity contribution < 1.29 is 8.42 Å². The number of sulfonamides is 1. The maximum atomic E-state index is 12.2. The molecule has 2 rings (SSSR count). The molecule has 3 N–H and O–H groups in total. The van der Waals surface area contributed by atoms with E-state index in [1.54, 1.807) is 30.5 Å². The van der Waals surface area contributed by atoms with Crippen LogP contribution in [-0.2, 0) is 23.0 Å². The molecule has 0 amide bonds. The lowest BCUT2D eigenvalue weighted by Gasteiger charge is -2.08. The van der Waals surface area contributed by atoms with E-state index in [1.807, 2.05) is 12.1 Å². The number of hydrogen-bond acceptors (Lipinski definition) is 4. The smallest absolute Gasteiger partial charge is 0.263 e. The average molecular weight is 305 g/mol. The summed E-state index contributed by atoms with van der Waals surface area (Å²) in [5, 5.41) is 0. The minimum atomic E-state index is -3.61. The van der Waals surface area contributed by atoms with E-state index < -0.39 is 10.0 Å². The lowest BCUT2D eigenvalue weighted by molar-refractivity contribution is 0.601. The first-order valence-electron chi connectivity index (χ1n) is 6.82. The van der Waals surface area contributed by atoms with Crippen molar-refractivity contribution in [1.82, 2.24) is 4.98 Å². The molecular weight excluding hydrogens is 286 g/mol. The molecule has 112 valence electrons. The van der Waals surface area contributed by atoms with Gasteiger partial charge in [-0.25, -0.2) is 13.4 Å². The fraction of sp³-hybridized carbons (Fsp3) is 0.267. The first-order chi connectivity index (χ1) is 10.0. The van der Waals surface area contributed by atoms with Gasteiger partial charge in [-0.15, -0.1) is 0 Å². The van der Waals surface area contributed by atoms with Gasteiger partial charge < -0.3 is 5.73 Å². The van der Waals surface area contributed by atoms with Gasteiger partial charge in [0, 0.05) is 12.7 Å². The first kappa shape index (κ1) is 15.5. The molecule has 0 bridgehead atoms. The number of pyridine rings is 1. The van der Waals surface area contributed by atoms with Crippen molar-refractivity contribution in [3.8, 4) is 0 Å². The van der Waals surface area contributed by atoms with Gasteiger partial charge >= 0.3 is 0 Å². The number of benzene rings is 1. The van der Waals surface area contributed by atoms with E-state index in [0.717, 1.165) is 24.0 Å². The van der Waals surface area contributed by atoms with Crippen LogP contribution in [0, 0.1) is 0 Å². The van der Waals surface area contributed by atoms with Crippen molar-refractivity contribution in [2.75, 3.05) is 4.72 Å². The third-order valence-electron chi connectivity index (χ3n) is 3.07. The molecule has 0 saturated heterocycles. The Morgan fingerprint density at radius 2 is 1.76 bits per heavy atom. The number of nitrogens with zero attached hydrogens (tertiary/aromatic N) is 1. The van der Waals surface area contributed by atoms with E-state index >= 15 is 0 Å². The van der Waals surface area contributed by atoms with Crippen LogP contribution in [0.4, 0.5) is 5.82 Å². The Morgan fingerprint density at radius 3 is 2.29 bits per heavy atom. The Morgan fingerprint density at radius 1 is 1.10 bits per heavy atom. The summed E-state index contributed by atoms with van der Waals surface area (Å²) < 4.78 is 27.0. The van der Waals surface area contributed by atoms with Gasteiger partial charge in [0.1, 0.15) is 5.82 Å². The van der Waals surface area contributed by atoms with Crippen LogP contribution >= 0.6 is 0 Å². The van der Waals surface area contributed by atoms with Crippen LogP contribution in [0.5, 0.6) is 0 Å². The van der Waals surface area contributed by atoms with E-state index in [1.165, 1.54) is 0 Å². The van der Waals surface area contributed by atoms with Gasteiger partial charge in [0.2, 0.25) is 0 Å². The predicted octanol–water partition coefficient (Wildman–Crippen LogP) is 2.29. The second-order valence-electron chi connectivity index (χ2n) is 4.76. The number of aromatic nitrogens is 1. The van der Waals surface area contributed by atoms with Gasteiger partial charge in [-0.2, -0.15) is 0 Å². The van der Waals surface area contributed by atoms with Crippen LogP contribution in [-0.4, -0.2) is 13.4 Å². The molecule has 6 heteroatoms. The summed E-state index contributed by atoms with van der Waals surface area (Å²) in [6.07, 6.45) is 3.53. The third kappa shape index (κ3) is 4.03. The summed E-state index contributed by atoms with van der Waals surface area (Å²) in [6, 6.07) is 10.2. The van der Waals surface area contributed by atoms with Gasteiger partial charge in [-0.3, -0.25) is 4.72 Å². The van der Waals surface area contributed by atoms with E-state index in [4.69, 9.17) is 5.73 Å². The molecule has 0 aliphatic heterocycles. The number of aryl methyl sites for hydroxylation is 1. The second kappa shape index (κ2) is 6.69. The number of nitrogens with two attached hydrogens (primary N) is 1. The Labute approximate surface area is 125 Å². The molecule has 1 heterocycles. The summed E-state index contributed by atoms with van der Waals surface area (Å²) in [4.78, 5) is 4.27. The Hall–Kier alpha value is -1.92. The lowest BCUT2D eigenvalue weighted by atomic mass is 10.1. The maximum absolute atomic E-state index is 12.2. The average Bonchev–Trinajstić information content (AvgIpc) is 2.48. The van der Waals surface area contributed by atoms with Crippen molar-refractivity contribution in [1.29, 1.82) is 0 Å². The number of nitrogens with one attached hydrogen (secondary N) is 1. The van der Waals surface area contributed by atoms with Gasteiger partial charge in [0.15, 0.2) is 0 Å². The van der Waals surface area contributed by atoms with Crippen molar-refractivity contribution in [2.24, 2.45) is 5.73 Å². The van der Waals surface area contributed by atoms with Crippen LogP contribution in [0.2, 0.25) is 0 Å². The van der Waals surface area contributed by atoms with E-state index in [-0.39, 0.29) is 10.7 Å². The SMILES string of the molecule is CCCc1ccc(S(=O)(=O)Nc2ccc(CN)cn2)cc1. The fourth-order valence-corrected chi connectivity index (χ4v) is 2.93. The summed E-state index contributed by atoms with van der Waals surface area (Å²) in [7, 11) is -3.61. The third-order valence-corrected chi connectivity index (χ3v) is 4.44. The van der Waals surface area contributed by atoms with E-state index in [9.17, 15) is 8.42 Å². The van der Waals surface area contributed by atoms with Crippen LogP contribution in [0.3, 0.4) is 0 Å². The maximum Gasteiger partial charge on any atom is 0.263 e. The Kier molecular flexibility index (Phi) is 4.93. The van der Waals surface area contributed by atoms with Crippen LogP contribution in [0.1, 0.15) is 24.5 Å². The van der Waals surface area contributed by atoms with E-state index in [0.29, 0.717) is 6.54 Å². The molecule has 0 radical (unpaired) electrons. The highest BCUT2D eigenvalue weighted by Crippen LogP contribution is 2.16. The minimum absolute atomic E-state index is 0.229. The highest BCUT2D eigenvalue weighted by molar-refractivity contribution is 7.92. The molecule has 0 spiro atoms. The summed E-state index contributed by atoms with van der Waals surface area (Å²) in [5.74, 6) is 0.282. The Bertz CT molecular complexity index is 680. The summed E-state index contributed by atoms with van der Waals surface area (Å²) in [6.45, 7) is 2.46. The zero-order chi connectivity index (χ0) is 15.3. The van der Waals surface area contributed by atoms with Crippen molar-refractivity contribution in [3.05, 3.63) is 53.7 Å². The van der Waals surface area contributed by atoms with Crippen molar-refractivity contribution in [3.63, 3.8) is 0 Å². The van der Waals surface area contributed by atoms with Gasteiger partial charge in [-0.05, 0) is 35.7 Å². The fourth-order valence-electron chi connectivity index (χ4n) is 1.93. The zero-order valence-corrected chi connectivity index (χ0v) is 12.7. The van der Waals surface area contributed by atoms with Crippen LogP contribution in [0.15, 0.2) is 47.5 Å². The highest BCUT2D eigenvalue weighted by Gasteiger charge is 2.14.